The van der Waals surface area contributed by atoms with Crippen LogP contribution in [0.15, 0.2) is 24.3 Å². The number of nitrogens with zero attached hydrogens (tertiary/aromatic N) is 1. The molecule has 0 aliphatic carbocycles. The minimum Gasteiger partial charge on any atom is -0.375 e. The Morgan fingerprint density at radius 3 is 2.88 bits per heavy atom. The molecule has 0 amide bonds. The molecular formula is C13H18N2O. The highest BCUT2D eigenvalue weighted by atomic mass is 16.5. The van der Waals surface area contributed by atoms with Crippen LogP contribution in [0.3, 0.4) is 0 Å². The zero-order valence-corrected chi connectivity index (χ0v) is 9.65. The third-order valence-electron chi connectivity index (χ3n) is 3.77. The van der Waals surface area contributed by atoms with Crippen molar-refractivity contribution in [2.45, 2.75) is 18.7 Å². The molecule has 2 aliphatic rings. The Labute approximate surface area is 96.4 Å². The Morgan fingerprint density at radius 1 is 1.31 bits per heavy atom. The molecule has 0 spiro atoms. The van der Waals surface area contributed by atoms with E-state index in [4.69, 9.17) is 4.74 Å². The smallest absolute Gasteiger partial charge is 0.0721 e. The molecule has 1 atom stereocenters. The molecule has 2 aliphatic heterocycles. The lowest BCUT2D eigenvalue weighted by Crippen LogP contribution is -2.57. The van der Waals surface area contributed by atoms with E-state index in [0.29, 0.717) is 12.1 Å². The summed E-state index contributed by atoms with van der Waals surface area (Å²) < 4.78 is 5.69. The van der Waals surface area contributed by atoms with Crippen LogP contribution in [0.25, 0.3) is 0 Å². The molecule has 1 aromatic rings. The van der Waals surface area contributed by atoms with Gasteiger partial charge in [-0.1, -0.05) is 24.3 Å². The van der Waals surface area contributed by atoms with E-state index in [9.17, 15) is 0 Å². The van der Waals surface area contributed by atoms with Crippen LogP contribution in [0.1, 0.15) is 17.2 Å². The Bertz CT molecular complexity index is 376. The first-order valence-corrected chi connectivity index (χ1v) is 5.94. The number of benzene rings is 1. The zero-order chi connectivity index (χ0) is 11.0. The van der Waals surface area contributed by atoms with Gasteiger partial charge in [-0.25, -0.2) is 0 Å². The van der Waals surface area contributed by atoms with E-state index in [-0.39, 0.29) is 0 Å². The van der Waals surface area contributed by atoms with E-state index >= 15 is 0 Å². The molecule has 3 nitrogen and oxygen atoms in total. The van der Waals surface area contributed by atoms with E-state index in [0.717, 1.165) is 26.3 Å². The average Bonchev–Trinajstić information content (AvgIpc) is 2.26. The maximum absolute atomic E-state index is 5.69. The van der Waals surface area contributed by atoms with Crippen molar-refractivity contribution in [2.75, 3.05) is 26.7 Å². The second kappa shape index (κ2) is 4.17. The SMILES string of the molecule is CN(C1CNC1)C1COCc2ccccc21. The fraction of sp³-hybridized carbons (Fsp3) is 0.538. The van der Waals surface area contributed by atoms with Crippen molar-refractivity contribution in [3.05, 3.63) is 35.4 Å². The molecule has 0 bridgehead atoms. The van der Waals surface area contributed by atoms with Crippen LogP contribution in [0.5, 0.6) is 0 Å². The topological polar surface area (TPSA) is 24.5 Å². The third-order valence-corrected chi connectivity index (χ3v) is 3.77. The van der Waals surface area contributed by atoms with Gasteiger partial charge in [0, 0.05) is 19.1 Å². The van der Waals surface area contributed by atoms with Gasteiger partial charge in [0.2, 0.25) is 0 Å². The van der Waals surface area contributed by atoms with Crippen molar-refractivity contribution >= 4 is 0 Å². The van der Waals surface area contributed by atoms with Crippen LogP contribution >= 0.6 is 0 Å². The summed E-state index contributed by atoms with van der Waals surface area (Å²) in [5.74, 6) is 0. The first-order chi connectivity index (χ1) is 7.86. The van der Waals surface area contributed by atoms with Gasteiger partial charge in [0.25, 0.3) is 0 Å². The van der Waals surface area contributed by atoms with E-state index < -0.39 is 0 Å². The quantitative estimate of drug-likeness (QED) is 0.806. The number of likely N-dealkylation sites (N-methyl/N-ethyl adjacent to an activating group) is 1. The Kier molecular flexibility index (Phi) is 2.67. The van der Waals surface area contributed by atoms with Crippen LogP contribution in [-0.4, -0.2) is 37.7 Å². The van der Waals surface area contributed by atoms with Crippen LogP contribution in [0, 0.1) is 0 Å². The molecule has 16 heavy (non-hydrogen) atoms. The number of nitrogens with one attached hydrogen (secondary N) is 1. The van der Waals surface area contributed by atoms with Gasteiger partial charge < -0.3 is 10.1 Å². The lowest BCUT2D eigenvalue weighted by molar-refractivity contribution is 0.0162. The van der Waals surface area contributed by atoms with Crippen molar-refractivity contribution in [3.63, 3.8) is 0 Å². The largest absolute Gasteiger partial charge is 0.375 e. The summed E-state index contributed by atoms with van der Waals surface area (Å²) in [6.07, 6.45) is 0. The van der Waals surface area contributed by atoms with Gasteiger partial charge in [0.1, 0.15) is 0 Å². The summed E-state index contributed by atoms with van der Waals surface area (Å²) in [6, 6.07) is 9.73. The standard InChI is InChI=1S/C13H18N2O/c1-15(11-6-14-7-11)13-9-16-8-10-4-2-3-5-12(10)13/h2-5,11,13-14H,6-9H2,1H3. The average molecular weight is 218 g/mol. The van der Waals surface area contributed by atoms with Gasteiger partial charge in [-0.2, -0.15) is 0 Å². The molecule has 1 N–H and O–H groups in total. The van der Waals surface area contributed by atoms with Crippen LogP contribution in [-0.2, 0) is 11.3 Å². The normalized spacial score (nSPS) is 25.2. The van der Waals surface area contributed by atoms with E-state index in [1.807, 2.05) is 0 Å². The van der Waals surface area contributed by atoms with Gasteiger partial charge in [0.05, 0.1) is 19.3 Å². The highest BCUT2D eigenvalue weighted by molar-refractivity contribution is 5.31. The summed E-state index contributed by atoms with van der Waals surface area (Å²) in [7, 11) is 2.21. The fourth-order valence-corrected chi connectivity index (χ4v) is 2.51. The number of fused-ring (bicyclic) bond motifs is 1. The molecule has 1 fully saturated rings. The van der Waals surface area contributed by atoms with Crippen molar-refractivity contribution in [2.24, 2.45) is 0 Å². The molecule has 2 heterocycles. The molecule has 1 saturated heterocycles. The molecule has 0 aromatic heterocycles. The number of hydrogen-bond donors (Lipinski definition) is 1. The van der Waals surface area contributed by atoms with Gasteiger partial charge in [-0.15, -0.1) is 0 Å². The maximum Gasteiger partial charge on any atom is 0.0721 e. The highest BCUT2D eigenvalue weighted by Crippen LogP contribution is 2.30. The highest BCUT2D eigenvalue weighted by Gasteiger charge is 2.31. The predicted octanol–water partition coefficient (Wildman–Crippen LogP) is 1.16. The van der Waals surface area contributed by atoms with Crippen molar-refractivity contribution in [1.82, 2.24) is 10.2 Å². The second-order valence-corrected chi connectivity index (χ2v) is 4.71. The van der Waals surface area contributed by atoms with E-state index in [1.54, 1.807) is 0 Å². The predicted molar refractivity (Wildman–Crippen MR) is 63.3 cm³/mol. The van der Waals surface area contributed by atoms with Crippen molar-refractivity contribution < 1.29 is 4.74 Å². The minimum absolute atomic E-state index is 0.428. The Balaban J connectivity index is 1.86. The number of ether oxygens (including phenoxy) is 1. The monoisotopic (exact) mass is 218 g/mol. The first kappa shape index (κ1) is 10.3. The third kappa shape index (κ3) is 1.65. The first-order valence-electron chi connectivity index (χ1n) is 5.94. The lowest BCUT2D eigenvalue weighted by Gasteiger charge is -2.42. The molecule has 0 saturated carbocycles. The maximum atomic E-state index is 5.69. The summed E-state index contributed by atoms with van der Waals surface area (Å²) in [5.41, 5.74) is 2.79. The molecule has 0 radical (unpaired) electrons. The molecule has 86 valence electrons. The Hall–Kier alpha value is -0.900. The van der Waals surface area contributed by atoms with E-state index in [2.05, 4.69) is 41.5 Å². The van der Waals surface area contributed by atoms with Gasteiger partial charge in [-0.3, -0.25) is 4.90 Å². The van der Waals surface area contributed by atoms with Crippen LogP contribution < -0.4 is 5.32 Å². The van der Waals surface area contributed by atoms with Gasteiger partial charge >= 0.3 is 0 Å². The van der Waals surface area contributed by atoms with Crippen molar-refractivity contribution in [3.8, 4) is 0 Å². The number of rotatable bonds is 2. The van der Waals surface area contributed by atoms with Crippen LogP contribution in [0.2, 0.25) is 0 Å². The fourth-order valence-electron chi connectivity index (χ4n) is 2.51. The van der Waals surface area contributed by atoms with Gasteiger partial charge in [-0.05, 0) is 18.2 Å². The zero-order valence-electron chi connectivity index (χ0n) is 9.65. The molecular weight excluding hydrogens is 200 g/mol. The molecule has 1 aromatic carbocycles. The van der Waals surface area contributed by atoms with Crippen molar-refractivity contribution in [1.29, 1.82) is 0 Å². The lowest BCUT2D eigenvalue weighted by atomic mass is 9.96. The molecule has 3 heteroatoms. The summed E-state index contributed by atoms with van der Waals surface area (Å²) in [6.45, 7) is 3.80. The number of hydrogen-bond acceptors (Lipinski definition) is 3. The summed E-state index contributed by atoms with van der Waals surface area (Å²) in [4.78, 5) is 2.45. The Morgan fingerprint density at radius 2 is 2.12 bits per heavy atom. The van der Waals surface area contributed by atoms with Gasteiger partial charge in [0.15, 0.2) is 0 Å². The van der Waals surface area contributed by atoms with E-state index in [1.165, 1.54) is 11.1 Å². The summed E-state index contributed by atoms with van der Waals surface area (Å²) >= 11 is 0. The summed E-state index contributed by atoms with van der Waals surface area (Å²) in [5, 5.41) is 3.32. The molecule has 3 rings (SSSR count). The second-order valence-electron chi connectivity index (χ2n) is 4.71. The molecule has 1 unspecified atom stereocenters. The van der Waals surface area contributed by atoms with Crippen LogP contribution in [0.4, 0.5) is 0 Å². The minimum atomic E-state index is 0.428.